The highest BCUT2D eigenvalue weighted by molar-refractivity contribution is 5.09. The number of aryl methyl sites for hydroxylation is 1. The maximum atomic E-state index is 4.68. The van der Waals surface area contributed by atoms with E-state index in [1.165, 1.54) is 31.4 Å². The van der Waals surface area contributed by atoms with Crippen LogP contribution < -0.4 is 5.32 Å². The minimum Gasteiger partial charge on any atom is -0.308 e. The van der Waals surface area contributed by atoms with Gasteiger partial charge in [0.1, 0.15) is 5.82 Å². The van der Waals surface area contributed by atoms with Crippen LogP contribution in [0.1, 0.15) is 64.0 Å². The minimum absolute atomic E-state index is 0.391. The van der Waals surface area contributed by atoms with Crippen molar-refractivity contribution in [3.05, 3.63) is 23.8 Å². The van der Waals surface area contributed by atoms with Crippen molar-refractivity contribution in [2.45, 2.75) is 59.4 Å². The van der Waals surface area contributed by atoms with Crippen molar-refractivity contribution in [1.82, 2.24) is 15.3 Å². The standard InChI is InChI=1S/C17H29N3/c1-5-7-19-17(16-6-8-18-14(4)20-16)15-10-12(2)9-13(3)11-15/h6,8,12-13,15,17,19H,5,7,9-11H2,1-4H3. The molecule has 1 saturated carbocycles. The molecule has 1 aliphatic carbocycles. The Labute approximate surface area is 123 Å². The first-order valence-corrected chi connectivity index (χ1v) is 8.13. The molecule has 1 aromatic rings. The Morgan fingerprint density at radius 1 is 1.25 bits per heavy atom. The lowest BCUT2D eigenvalue weighted by molar-refractivity contribution is 0.174. The number of nitrogens with one attached hydrogen (secondary N) is 1. The van der Waals surface area contributed by atoms with Crippen LogP contribution in [0.15, 0.2) is 12.3 Å². The molecule has 0 aliphatic heterocycles. The van der Waals surface area contributed by atoms with Crippen LogP contribution in [-0.4, -0.2) is 16.5 Å². The molecule has 3 atom stereocenters. The number of nitrogens with zero attached hydrogens (tertiary/aromatic N) is 2. The summed E-state index contributed by atoms with van der Waals surface area (Å²) >= 11 is 0. The molecular formula is C17H29N3. The molecule has 3 unspecified atom stereocenters. The van der Waals surface area contributed by atoms with Crippen LogP contribution in [0.4, 0.5) is 0 Å². The summed E-state index contributed by atoms with van der Waals surface area (Å²) in [7, 11) is 0. The Morgan fingerprint density at radius 3 is 2.55 bits per heavy atom. The third-order valence-electron chi connectivity index (χ3n) is 4.42. The molecule has 0 amide bonds. The van der Waals surface area contributed by atoms with Crippen LogP contribution in [0.3, 0.4) is 0 Å². The van der Waals surface area contributed by atoms with Gasteiger partial charge in [-0.05, 0) is 63.0 Å². The molecule has 0 bridgehead atoms. The summed E-state index contributed by atoms with van der Waals surface area (Å²) in [6.07, 6.45) is 7.07. The highest BCUT2D eigenvalue weighted by Gasteiger charge is 2.31. The molecule has 0 spiro atoms. The smallest absolute Gasteiger partial charge is 0.125 e. The van der Waals surface area contributed by atoms with Crippen molar-refractivity contribution < 1.29 is 0 Å². The van der Waals surface area contributed by atoms with Crippen LogP contribution >= 0.6 is 0 Å². The third-order valence-corrected chi connectivity index (χ3v) is 4.42. The molecule has 2 rings (SSSR count). The molecule has 1 N–H and O–H groups in total. The molecule has 1 heterocycles. The maximum Gasteiger partial charge on any atom is 0.125 e. The summed E-state index contributed by atoms with van der Waals surface area (Å²) in [5.41, 5.74) is 1.18. The van der Waals surface area contributed by atoms with Gasteiger partial charge in [-0.25, -0.2) is 9.97 Å². The zero-order valence-corrected chi connectivity index (χ0v) is 13.4. The second-order valence-corrected chi connectivity index (χ2v) is 6.64. The monoisotopic (exact) mass is 275 g/mol. The molecule has 1 aliphatic rings. The molecule has 3 heteroatoms. The van der Waals surface area contributed by atoms with Gasteiger partial charge in [-0.3, -0.25) is 0 Å². The summed E-state index contributed by atoms with van der Waals surface area (Å²) < 4.78 is 0. The van der Waals surface area contributed by atoms with Crippen LogP contribution in [-0.2, 0) is 0 Å². The van der Waals surface area contributed by atoms with E-state index in [9.17, 15) is 0 Å². The van der Waals surface area contributed by atoms with Gasteiger partial charge in [0.25, 0.3) is 0 Å². The first-order valence-electron chi connectivity index (χ1n) is 8.13. The fraction of sp³-hybridized carbons (Fsp3) is 0.765. The van der Waals surface area contributed by atoms with Crippen molar-refractivity contribution in [3.63, 3.8) is 0 Å². The fourth-order valence-corrected chi connectivity index (χ4v) is 3.74. The first-order chi connectivity index (χ1) is 9.60. The van der Waals surface area contributed by atoms with Crippen LogP contribution in [0.5, 0.6) is 0 Å². The predicted molar refractivity (Wildman–Crippen MR) is 83.5 cm³/mol. The lowest BCUT2D eigenvalue weighted by atomic mass is 9.73. The predicted octanol–water partition coefficient (Wildman–Crippen LogP) is 3.90. The van der Waals surface area contributed by atoms with Crippen LogP contribution in [0, 0.1) is 24.7 Å². The van der Waals surface area contributed by atoms with Crippen molar-refractivity contribution in [2.24, 2.45) is 17.8 Å². The Balaban J connectivity index is 2.18. The van der Waals surface area contributed by atoms with Crippen molar-refractivity contribution in [1.29, 1.82) is 0 Å². The molecule has 1 aromatic heterocycles. The minimum atomic E-state index is 0.391. The molecule has 0 saturated heterocycles. The van der Waals surface area contributed by atoms with Crippen LogP contribution in [0.25, 0.3) is 0 Å². The molecule has 3 nitrogen and oxygen atoms in total. The zero-order valence-electron chi connectivity index (χ0n) is 13.4. The quantitative estimate of drug-likeness (QED) is 0.885. The van der Waals surface area contributed by atoms with E-state index in [2.05, 4.69) is 42.1 Å². The summed E-state index contributed by atoms with van der Waals surface area (Å²) in [5, 5.41) is 3.73. The van der Waals surface area contributed by atoms with Gasteiger partial charge < -0.3 is 5.32 Å². The van der Waals surface area contributed by atoms with Gasteiger partial charge in [-0.15, -0.1) is 0 Å². The first kappa shape index (κ1) is 15.4. The molecule has 112 valence electrons. The summed E-state index contributed by atoms with van der Waals surface area (Å²) in [6, 6.07) is 2.48. The Morgan fingerprint density at radius 2 is 1.95 bits per heavy atom. The van der Waals surface area contributed by atoms with Gasteiger partial charge in [0.15, 0.2) is 0 Å². The number of rotatable bonds is 5. The Bertz CT molecular complexity index is 408. The van der Waals surface area contributed by atoms with E-state index in [1.807, 2.05) is 13.1 Å². The number of hydrogen-bond acceptors (Lipinski definition) is 3. The molecule has 20 heavy (non-hydrogen) atoms. The highest BCUT2D eigenvalue weighted by Crippen LogP contribution is 2.39. The van der Waals surface area contributed by atoms with E-state index in [0.29, 0.717) is 12.0 Å². The van der Waals surface area contributed by atoms with Gasteiger partial charge in [-0.2, -0.15) is 0 Å². The Kier molecular flexibility index (Phi) is 5.53. The van der Waals surface area contributed by atoms with Crippen molar-refractivity contribution >= 4 is 0 Å². The summed E-state index contributed by atoms with van der Waals surface area (Å²) in [5.74, 6) is 3.24. The topological polar surface area (TPSA) is 37.8 Å². The van der Waals surface area contributed by atoms with Gasteiger partial charge in [0, 0.05) is 6.20 Å². The van der Waals surface area contributed by atoms with Crippen LogP contribution in [0.2, 0.25) is 0 Å². The largest absolute Gasteiger partial charge is 0.308 e. The van der Waals surface area contributed by atoms with Gasteiger partial charge >= 0.3 is 0 Å². The lowest BCUT2D eigenvalue weighted by Gasteiger charge is -2.36. The number of hydrogen-bond donors (Lipinski definition) is 1. The Hall–Kier alpha value is -0.960. The van der Waals surface area contributed by atoms with E-state index in [4.69, 9.17) is 0 Å². The second kappa shape index (κ2) is 7.16. The normalized spacial score (nSPS) is 28.3. The van der Waals surface area contributed by atoms with Gasteiger partial charge in [-0.1, -0.05) is 20.8 Å². The van der Waals surface area contributed by atoms with Gasteiger partial charge in [0.2, 0.25) is 0 Å². The average molecular weight is 275 g/mol. The average Bonchev–Trinajstić information content (AvgIpc) is 2.38. The number of aromatic nitrogens is 2. The van der Waals surface area contributed by atoms with Crippen molar-refractivity contribution in [2.75, 3.05) is 6.54 Å². The third kappa shape index (κ3) is 4.02. The molecule has 1 fully saturated rings. The highest BCUT2D eigenvalue weighted by atomic mass is 15.0. The molecular weight excluding hydrogens is 246 g/mol. The molecule has 0 radical (unpaired) electrons. The van der Waals surface area contributed by atoms with E-state index < -0.39 is 0 Å². The van der Waals surface area contributed by atoms with Crippen molar-refractivity contribution in [3.8, 4) is 0 Å². The second-order valence-electron chi connectivity index (χ2n) is 6.64. The molecule has 0 aromatic carbocycles. The maximum absolute atomic E-state index is 4.68. The van der Waals surface area contributed by atoms with Gasteiger partial charge in [0.05, 0.1) is 11.7 Å². The summed E-state index contributed by atoms with van der Waals surface area (Å²) in [4.78, 5) is 8.92. The lowest BCUT2D eigenvalue weighted by Crippen LogP contribution is -2.34. The SMILES string of the molecule is CCCNC(c1ccnc(C)n1)C1CC(C)CC(C)C1. The fourth-order valence-electron chi connectivity index (χ4n) is 3.74. The summed E-state index contributed by atoms with van der Waals surface area (Å²) in [6.45, 7) is 10.1. The van der Waals surface area contributed by atoms with E-state index in [-0.39, 0.29) is 0 Å². The van der Waals surface area contributed by atoms with E-state index in [1.54, 1.807) is 0 Å². The van der Waals surface area contributed by atoms with E-state index >= 15 is 0 Å². The van der Waals surface area contributed by atoms with E-state index in [0.717, 1.165) is 24.2 Å². The zero-order chi connectivity index (χ0) is 14.5.